The van der Waals surface area contributed by atoms with Gasteiger partial charge >= 0.3 is 0 Å². The van der Waals surface area contributed by atoms with Crippen molar-refractivity contribution in [3.63, 3.8) is 0 Å². The number of nitrogens with one attached hydrogen (secondary N) is 2. The number of fused-ring (bicyclic) bond motifs is 1. The number of halogens is 1. The van der Waals surface area contributed by atoms with E-state index in [-0.39, 0.29) is 11.0 Å². The molecule has 1 amide bonds. The Balaban J connectivity index is 1.48. The van der Waals surface area contributed by atoms with Crippen LogP contribution >= 0.6 is 23.8 Å². The molecule has 0 aliphatic rings. The molecule has 0 saturated heterocycles. The van der Waals surface area contributed by atoms with Gasteiger partial charge in [-0.2, -0.15) is 4.80 Å². The average Bonchev–Trinajstić information content (AvgIpc) is 3.29. The van der Waals surface area contributed by atoms with Gasteiger partial charge in [0.05, 0.1) is 17.3 Å². The summed E-state index contributed by atoms with van der Waals surface area (Å²) in [6, 6.07) is 16.8. The highest BCUT2D eigenvalue weighted by Crippen LogP contribution is 2.26. The number of aromatic nitrogens is 3. The van der Waals surface area contributed by atoms with Gasteiger partial charge < -0.3 is 15.0 Å². The van der Waals surface area contributed by atoms with E-state index >= 15 is 0 Å². The second kappa shape index (κ2) is 11.6. The van der Waals surface area contributed by atoms with Crippen molar-refractivity contribution in [2.75, 3.05) is 29.9 Å². The highest BCUT2D eigenvalue weighted by Gasteiger charge is 2.14. The highest BCUT2D eigenvalue weighted by atomic mass is 35.5. The fourth-order valence-corrected chi connectivity index (χ4v) is 4.38. The van der Waals surface area contributed by atoms with Gasteiger partial charge in [-0.1, -0.05) is 11.6 Å². The fourth-order valence-electron chi connectivity index (χ4n) is 3.95. The highest BCUT2D eigenvalue weighted by molar-refractivity contribution is 7.80. The Hall–Kier alpha value is -3.69. The van der Waals surface area contributed by atoms with E-state index in [4.69, 9.17) is 28.6 Å². The molecule has 10 heteroatoms. The molecule has 2 N–H and O–H groups in total. The number of amides is 1. The number of aryl methyl sites for hydroxylation is 1. The summed E-state index contributed by atoms with van der Waals surface area (Å²) in [5.41, 5.74) is 5.51. The first-order valence-electron chi connectivity index (χ1n) is 12.1. The maximum atomic E-state index is 12.7. The monoisotopic (exact) mass is 536 g/mol. The van der Waals surface area contributed by atoms with Crippen LogP contribution in [0.25, 0.3) is 16.7 Å². The molecule has 0 radical (unpaired) electrons. The standard InChI is InChI=1S/C27H29ClN6O2S/c1-5-33(6-2)19-9-11-20(12-10-19)34-31-23-14-17(4)22(16-24(23)32-34)29-27(37)30-26(35)18-8-13-25(36-7-3)21(28)15-18/h8-16H,5-7H2,1-4H3,(H2,29,30,35,37). The molecule has 0 aliphatic carbocycles. The molecule has 8 nitrogen and oxygen atoms in total. The van der Waals surface area contributed by atoms with Crippen LogP contribution in [0.5, 0.6) is 5.75 Å². The van der Waals surface area contributed by atoms with Crippen molar-refractivity contribution in [2.45, 2.75) is 27.7 Å². The first kappa shape index (κ1) is 26.4. The third-order valence-corrected chi connectivity index (χ3v) is 6.40. The smallest absolute Gasteiger partial charge is 0.257 e. The molecule has 192 valence electrons. The summed E-state index contributed by atoms with van der Waals surface area (Å²) in [5.74, 6) is 0.151. The molecule has 1 heterocycles. The van der Waals surface area contributed by atoms with Crippen LogP contribution in [0.3, 0.4) is 0 Å². The van der Waals surface area contributed by atoms with E-state index < -0.39 is 0 Å². The first-order valence-corrected chi connectivity index (χ1v) is 12.9. The largest absolute Gasteiger partial charge is 0.492 e. The average molecular weight is 537 g/mol. The van der Waals surface area contributed by atoms with Crippen LogP contribution < -0.4 is 20.3 Å². The zero-order valence-corrected chi connectivity index (χ0v) is 22.8. The minimum absolute atomic E-state index is 0.164. The number of benzene rings is 3. The molecular formula is C27H29ClN6O2S. The van der Waals surface area contributed by atoms with Gasteiger partial charge in [-0.05, 0) is 100 Å². The number of nitrogens with zero attached hydrogens (tertiary/aromatic N) is 4. The molecule has 4 aromatic rings. The van der Waals surface area contributed by atoms with Gasteiger partial charge in [0.2, 0.25) is 0 Å². The number of carbonyl (C=O) groups is 1. The van der Waals surface area contributed by atoms with E-state index in [9.17, 15) is 4.79 Å². The molecule has 0 spiro atoms. The van der Waals surface area contributed by atoms with Gasteiger partial charge in [0.1, 0.15) is 16.8 Å². The number of anilines is 2. The maximum Gasteiger partial charge on any atom is 0.257 e. The van der Waals surface area contributed by atoms with E-state index in [1.54, 1.807) is 23.0 Å². The van der Waals surface area contributed by atoms with Crippen molar-refractivity contribution in [3.05, 3.63) is 70.7 Å². The summed E-state index contributed by atoms with van der Waals surface area (Å²) in [5, 5.41) is 15.6. The quantitative estimate of drug-likeness (QED) is 0.277. The van der Waals surface area contributed by atoms with Crippen LogP contribution in [0.15, 0.2) is 54.6 Å². The molecule has 3 aromatic carbocycles. The number of carbonyl (C=O) groups excluding carboxylic acids is 1. The second-order valence-corrected chi connectivity index (χ2v) is 9.14. The molecule has 0 aliphatic heterocycles. The fraction of sp³-hybridized carbons (Fsp3) is 0.259. The summed E-state index contributed by atoms with van der Waals surface area (Å²) in [7, 11) is 0. The lowest BCUT2D eigenvalue weighted by Gasteiger charge is -2.20. The topological polar surface area (TPSA) is 84.3 Å². The normalized spacial score (nSPS) is 10.8. The molecule has 1 aromatic heterocycles. The van der Waals surface area contributed by atoms with Gasteiger partial charge in [-0.3, -0.25) is 10.1 Å². The Kier molecular flexibility index (Phi) is 8.25. The lowest BCUT2D eigenvalue weighted by molar-refractivity contribution is 0.0977. The van der Waals surface area contributed by atoms with Crippen LogP contribution in [-0.2, 0) is 0 Å². The van der Waals surface area contributed by atoms with Gasteiger partial charge in [-0.15, -0.1) is 10.2 Å². The number of hydrogen-bond acceptors (Lipinski definition) is 6. The minimum atomic E-state index is -0.375. The van der Waals surface area contributed by atoms with E-state index in [0.29, 0.717) is 28.5 Å². The molecule has 0 atom stereocenters. The number of rotatable bonds is 8. The van der Waals surface area contributed by atoms with Crippen LogP contribution in [0.1, 0.15) is 36.7 Å². The molecule has 0 saturated carbocycles. The third kappa shape index (κ3) is 6.00. The Morgan fingerprint density at radius 3 is 2.32 bits per heavy atom. The van der Waals surface area contributed by atoms with Crippen molar-refractivity contribution in [2.24, 2.45) is 0 Å². The second-order valence-electron chi connectivity index (χ2n) is 8.32. The minimum Gasteiger partial charge on any atom is -0.492 e. The van der Waals surface area contributed by atoms with Crippen LogP contribution in [-0.4, -0.2) is 45.7 Å². The van der Waals surface area contributed by atoms with Crippen LogP contribution in [0, 0.1) is 6.92 Å². The Bertz CT molecular complexity index is 1430. The molecule has 0 bridgehead atoms. The summed E-state index contributed by atoms with van der Waals surface area (Å²) in [6.07, 6.45) is 0. The van der Waals surface area contributed by atoms with E-state index in [1.807, 2.05) is 38.1 Å². The molecular weight excluding hydrogens is 508 g/mol. The SMILES string of the molecule is CCOc1ccc(C(=O)NC(=S)Nc2cc3nn(-c4ccc(N(CC)CC)cc4)nc3cc2C)cc1Cl. The van der Waals surface area contributed by atoms with E-state index in [0.717, 1.165) is 41.2 Å². The van der Waals surface area contributed by atoms with Crippen molar-refractivity contribution in [1.82, 2.24) is 20.3 Å². The zero-order valence-electron chi connectivity index (χ0n) is 21.2. The van der Waals surface area contributed by atoms with Crippen LogP contribution in [0.2, 0.25) is 5.02 Å². The Morgan fingerprint density at radius 1 is 1.03 bits per heavy atom. The lowest BCUT2D eigenvalue weighted by atomic mass is 10.2. The van der Waals surface area contributed by atoms with Crippen molar-refractivity contribution in [3.8, 4) is 11.4 Å². The van der Waals surface area contributed by atoms with E-state index in [1.165, 1.54) is 0 Å². The number of ether oxygens (including phenoxy) is 1. The van der Waals surface area contributed by atoms with Crippen molar-refractivity contribution in [1.29, 1.82) is 0 Å². The summed E-state index contributed by atoms with van der Waals surface area (Å²) >= 11 is 11.6. The van der Waals surface area contributed by atoms with E-state index in [2.05, 4.69) is 51.7 Å². The van der Waals surface area contributed by atoms with Crippen molar-refractivity contribution < 1.29 is 9.53 Å². The molecule has 37 heavy (non-hydrogen) atoms. The predicted molar refractivity (Wildman–Crippen MR) is 153 cm³/mol. The third-order valence-electron chi connectivity index (χ3n) is 5.90. The predicted octanol–water partition coefficient (Wildman–Crippen LogP) is 5.75. The Morgan fingerprint density at radius 2 is 1.70 bits per heavy atom. The maximum absolute atomic E-state index is 12.7. The molecule has 0 unspecified atom stereocenters. The summed E-state index contributed by atoms with van der Waals surface area (Å²) in [4.78, 5) is 16.6. The van der Waals surface area contributed by atoms with Gasteiger partial charge in [0.25, 0.3) is 5.91 Å². The molecule has 0 fully saturated rings. The van der Waals surface area contributed by atoms with Gasteiger partial charge in [0.15, 0.2) is 5.11 Å². The first-order chi connectivity index (χ1) is 17.8. The number of thiocarbonyl (C=S) groups is 1. The van der Waals surface area contributed by atoms with Crippen molar-refractivity contribution >= 4 is 57.2 Å². The van der Waals surface area contributed by atoms with Gasteiger partial charge in [-0.25, -0.2) is 0 Å². The summed E-state index contributed by atoms with van der Waals surface area (Å²) in [6.45, 7) is 10.5. The lowest BCUT2D eigenvalue weighted by Crippen LogP contribution is -2.34. The van der Waals surface area contributed by atoms with Crippen LogP contribution in [0.4, 0.5) is 11.4 Å². The zero-order chi connectivity index (χ0) is 26.5. The number of hydrogen-bond donors (Lipinski definition) is 2. The summed E-state index contributed by atoms with van der Waals surface area (Å²) < 4.78 is 5.42. The Labute approximate surface area is 226 Å². The molecule has 4 rings (SSSR count). The van der Waals surface area contributed by atoms with Gasteiger partial charge in [0, 0.05) is 30.0 Å².